The van der Waals surface area contributed by atoms with E-state index in [1.807, 2.05) is 17.0 Å². The lowest BCUT2D eigenvalue weighted by Gasteiger charge is -2.30. The second-order valence-corrected chi connectivity index (χ2v) is 5.30. The maximum atomic E-state index is 12.5. The summed E-state index contributed by atoms with van der Waals surface area (Å²) < 4.78 is 0. The smallest absolute Gasteiger partial charge is 0.272 e. The molecule has 1 aromatic rings. The molecule has 19 heavy (non-hydrogen) atoms. The largest absolute Gasteiger partial charge is 0.393 e. The Morgan fingerprint density at radius 3 is 3.00 bits per heavy atom. The lowest BCUT2D eigenvalue weighted by Crippen LogP contribution is -2.41. The van der Waals surface area contributed by atoms with Crippen LogP contribution < -0.4 is 0 Å². The second kappa shape index (κ2) is 6.66. The molecule has 0 radical (unpaired) electrons. The lowest BCUT2D eigenvalue weighted by molar-refractivity contribution is 0.0601. The van der Waals surface area contributed by atoms with Crippen molar-refractivity contribution >= 4 is 5.91 Å². The van der Waals surface area contributed by atoms with Crippen LogP contribution in [0.2, 0.25) is 0 Å². The summed E-state index contributed by atoms with van der Waals surface area (Å²) in [7, 11) is 0. The minimum atomic E-state index is -0.373. The molecule has 1 N–H and O–H groups in total. The number of aliphatic hydroxyl groups is 1. The van der Waals surface area contributed by atoms with Crippen molar-refractivity contribution in [1.82, 2.24) is 9.88 Å². The molecule has 104 valence electrons. The van der Waals surface area contributed by atoms with E-state index in [2.05, 4.69) is 4.98 Å². The van der Waals surface area contributed by atoms with Crippen LogP contribution in [-0.2, 0) is 0 Å². The molecule has 0 aromatic carbocycles. The first kappa shape index (κ1) is 14.0. The van der Waals surface area contributed by atoms with Gasteiger partial charge in [-0.05, 0) is 38.3 Å². The van der Waals surface area contributed by atoms with Gasteiger partial charge in [0.25, 0.3) is 5.91 Å². The van der Waals surface area contributed by atoms with Crippen molar-refractivity contribution in [3.05, 3.63) is 30.1 Å². The van der Waals surface area contributed by atoms with Crippen LogP contribution >= 0.6 is 0 Å². The van der Waals surface area contributed by atoms with Crippen molar-refractivity contribution in [3.8, 4) is 0 Å². The highest BCUT2D eigenvalue weighted by atomic mass is 16.3. The fourth-order valence-electron chi connectivity index (χ4n) is 2.72. The van der Waals surface area contributed by atoms with E-state index in [4.69, 9.17) is 0 Å². The van der Waals surface area contributed by atoms with E-state index in [1.54, 1.807) is 19.2 Å². The molecule has 2 atom stereocenters. The van der Waals surface area contributed by atoms with Crippen molar-refractivity contribution in [2.45, 2.75) is 51.2 Å². The van der Waals surface area contributed by atoms with Gasteiger partial charge in [-0.15, -0.1) is 0 Å². The minimum absolute atomic E-state index is 0.00634. The summed E-state index contributed by atoms with van der Waals surface area (Å²) in [6, 6.07) is 5.54. The fourth-order valence-corrected chi connectivity index (χ4v) is 2.72. The molecule has 2 rings (SSSR count). The SMILES string of the molecule is CC(O)CC1CCCCCN1C(=O)c1ccccn1. The van der Waals surface area contributed by atoms with Crippen LogP contribution in [0.1, 0.15) is 49.5 Å². The monoisotopic (exact) mass is 262 g/mol. The van der Waals surface area contributed by atoms with Gasteiger partial charge in [0.15, 0.2) is 0 Å². The Bertz CT molecular complexity index is 406. The van der Waals surface area contributed by atoms with Crippen molar-refractivity contribution in [3.63, 3.8) is 0 Å². The predicted octanol–water partition coefficient (Wildman–Crippen LogP) is 2.24. The van der Waals surface area contributed by atoms with Crippen molar-refractivity contribution < 1.29 is 9.90 Å². The summed E-state index contributed by atoms with van der Waals surface area (Å²) in [6.07, 6.45) is 6.22. The second-order valence-electron chi connectivity index (χ2n) is 5.30. The number of carbonyl (C=O) groups excluding carboxylic acids is 1. The Morgan fingerprint density at radius 1 is 1.47 bits per heavy atom. The highest BCUT2D eigenvalue weighted by Crippen LogP contribution is 2.22. The number of aliphatic hydroxyl groups excluding tert-OH is 1. The van der Waals surface area contributed by atoms with E-state index in [-0.39, 0.29) is 18.1 Å². The number of rotatable bonds is 3. The number of likely N-dealkylation sites (tertiary alicyclic amines) is 1. The number of pyridine rings is 1. The molecular formula is C15H22N2O2. The maximum absolute atomic E-state index is 12.5. The van der Waals surface area contributed by atoms with Crippen LogP contribution in [0, 0.1) is 0 Å². The molecule has 0 saturated carbocycles. The molecule has 2 heterocycles. The van der Waals surface area contributed by atoms with Crippen molar-refractivity contribution in [1.29, 1.82) is 0 Å². The van der Waals surface area contributed by atoms with E-state index in [0.717, 1.165) is 32.2 Å². The van der Waals surface area contributed by atoms with E-state index in [9.17, 15) is 9.90 Å². The van der Waals surface area contributed by atoms with E-state index in [1.165, 1.54) is 0 Å². The van der Waals surface area contributed by atoms with Gasteiger partial charge in [0.1, 0.15) is 5.69 Å². The molecule has 0 bridgehead atoms. The van der Waals surface area contributed by atoms with Gasteiger partial charge in [-0.25, -0.2) is 0 Å². The van der Waals surface area contributed by atoms with Gasteiger partial charge in [0, 0.05) is 18.8 Å². The average molecular weight is 262 g/mol. The number of amides is 1. The Kier molecular flexibility index (Phi) is 4.91. The van der Waals surface area contributed by atoms with Crippen LogP contribution in [0.25, 0.3) is 0 Å². The van der Waals surface area contributed by atoms with Crippen molar-refractivity contribution in [2.75, 3.05) is 6.54 Å². The number of hydrogen-bond acceptors (Lipinski definition) is 3. The van der Waals surface area contributed by atoms with Crippen molar-refractivity contribution in [2.24, 2.45) is 0 Å². The summed E-state index contributed by atoms with van der Waals surface area (Å²) in [5.41, 5.74) is 0.500. The summed E-state index contributed by atoms with van der Waals surface area (Å²) in [5, 5.41) is 9.61. The van der Waals surface area contributed by atoms with Gasteiger partial charge in [-0.3, -0.25) is 9.78 Å². The van der Waals surface area contributed by atoms with Crippen LogP contribution in [0.3, 0.4) is 0 Å². The van der Waals surface area contributed by atoms with E-state index in [0.29, 0.717) is 12.1 Å². The Balaban J connectivity index is 2.15. The molecule has 1 fully saturated rings. The zero-order chi connectivity index (χ0) is 13.7. The molecule has 0 spiro atoms. The summed E-state index contributed by atoms with van der Waals surface area (Å²) >= 11 is 0. The van der Waals surface area contributed by atoms with Crippen LogP contribution in [0.15, 0.2) is 24.4 Å². The first-order chi connectivity index (χ1) is 9.18. The molecule has 2 unspecified atom stereocenters. The van der Waals surface area contributed by atoms with Gasteiger partial charge in [0.05, 0.1) is 6.10 Å². The molecule has 1 aliphatic heterocycles. The minimum Gasteiger partial charge on any atom is -0.393 e. The first-order valence-corrected chi connectivity index (χ1v) is 7.08. The highest BCUT2D eigenvalue weighted by molar-refractivity contribution is 5.92. The molecule has 1 amide bonds. The summed E-state index contributed by atoms with van der Waals surface area (Å²) in [6.45, 7) is 2.56. The Labute approximate surface area is 114 Å². The normalized spacial score (nSPS) is 21.8. The molecule has 4 nitrogen and oxygen atoms in total. The van der Waals surface area contributed by atoms with Crippen LogP contribution in [0.5, 0.6) is 0 Å². The molecule has 1 saturated heterocycles. The average Bonchev–Trinajstić information content (AvgIpc) is 2.64. The predicted molar refractivity (Wildman–Crippen MR) is 73.8 cm³/mol. The molecular weight excluding hydrogens is 240 g/mol. The third-order valence-corrected chi connectivity index (χ3v) is 3.64. The highest BCUT2D eigenvalue weighted by Gasteiger charge is 2.27. The number of hydrogen-bond donors (Lipinski definition) is 1. The summed E-state index contributed by atoms with van der Waals surface area (Å²) in [5.74, 6) is -0.00634. The molecule has 1 aliphatic rings. The van der Waals surface area contributed by atoms with Gasteiger partial charge < -0.3 is 10.0 Å². The number of aromatic nitrogens is 1. The van der Waals surface area contributed by atoms with Crippen LogP contribution in [-0.4, -0.2) is 39.6 Å². The molecule has 1 aromatic heterocycles. The zero-order valence-electron chi connectivity index (χ0n) is 11.5. The topological polar surface area (TPSA) is 53.4 Å². The van der Waals surface area contributed by atoms with Crippen LogP contribution in [0.4, 0.5) is 0 Å². The van der Waals surface area contributed by atoms with Gasteiger partial charge in [-0.2, -0.15) is 0 Å². The third-order valence-electron chi connectivity index (χ3n) is 3.64. The summed E-state index contributed by atoms with van der Waals surface area (Å²) in [4.78, 5) is 18.6. The van der Waals surface area contributed by atoms with Gasteiger partial charge >= 0.3 is 0 Å². The molecule has 0 aliphatic carbocycles. The third kappa shape index (κ3) is 3.77. The molecule has 4 heteroatoms. The van der Waals surface area contributed by atoms with Gasteiger partial charge in [-0.1, -0.05) is 18.9 Å². The Hall–Kier alpha value is -1.42. The quantitative estimate of drug-likeness (QED) is 0.909. The lowest BCUT2D eigenvalue weighted by atomic mass is 10.0. The number of carbonyl (C=O) groups is 1. The maximum Gasteiger partial charge on any atom is 0.272 e. The first-order valence-electron chi connectivity index (χ1n) is 7.08. The Morgan fingerprint density at radius 2 is 2.32 bits per heavy atom. The number of nitrogens with zero attached hydrogens (tertiary/aromatic N) is 2. The standard InChI is InChI=1S/C15H22N2O2/c1-12(18)11-13-7-3-2-6-10-17(13)15(19)14-8-4-5-9-16-14/h4-5,8-9,12-13,18H,2-3,6-7,10-11H2,1H3. The van der Waals surface area contributed by atoms with Gasteiger partial charge in [0.2, 0.25) is 0 Å². The zero-order valence-corrected chi connectivity index (χ0v) is 11.5. The fraction of sp³-hybridized carbons (Fsp3) is 0.600. The van der Waals surface area contributed by atoms with E-state index >= 15 is 0 Å². The van der Waals surface area contributed by atoms with E-state index < -0.39 is 0 Å².